The molecule has 1 aromatic heterocycles. The van der Waals surface area contributed by atoms with Crippen LogP contribution in [0.3, 0.4) is 0 Å². The Bertz CT molecular complexity index is 1050. The van der Waals surface area contributed by atoms with Gasteiger partial charge in [-0.25, -0.2) is 9.59 Å². The van der Waals surface area contributed by atoms with Gasteiger partial charge in [0.1, 0.15) is 5.00 Å². The van der Waals surface area contributed by atoms with Gasteiger partial charge in [-0.15, -0.1) is 11.3 Å². The van der Waals surface area contributed by atoms with E-state index in [-0.39, 0.29) is 0 Å². The fraction of sp³-hybridized carbons (Fsp3) is 0.136. The molecule has 2 aromatic carbocycles. The van der Waals surface area contributed by atoms with Crippen LogP contribution in [0.15, 0.2) is 60.7 Å². The third kappa shape index (κ3) is 5.43. The number of thiophene rings is 1. The molecule has 0 atom stereocenters. The molecule has 0 saturated carbocycles. The first-order valence-electron chi connectivity index (χ1n) is 9.01. The fourth-order valence-corrected chi connectivity index (χ4v) is 4.12. The second-order valence-electron chi connectivity index (χ2n) is 6.26. The Morgan fingerprint density at radius 1 is 0.933 bits per heavy atom. The van der Waals surface area contributed by atoms with Gasteiger partial charge in [0, 0.05) is 17.0 Å². The third-order valence-corrected chi connectivity index (χ3v) is 5.46. The average Bonchev–Trinajstić information content (AvgIpc) is 3.15. The van der Waals surface area contributed by atoms with E-state index in [1.54, 1.807) is 24.3 Å². The van der Waals surface area contributed by atoms with E-state index in [1.165, 1.54) is 25.6 Å². The molecule has 6 nitrogen and oxygen atoms in total. The van der Waals surface area contributed by atoms with Gasteiger partial charge in [-0.1, -0.05) is 30.3 Å². The highest BCUT2D eigenvalue weighted by Crippen LogP contribution is 2.30. The second kappa shape index (κ2) is 10.00. The van der Waals surface area contributed by atoms with Crippen LogP contribution in [-0.4, -0.2) is 31.3 Å². The molecular weight excluding hydrogens is 420 g/mol. The van der Waals surface area contributed by atoms with Crippen molar-refractivity contribution in [1.82, 2.24) is 0 Å². The van der Waals surface area contributed by atoms with Crippen LogP contribution in [0.2, 0.25) is 0 Å². The minimum atomic E-state index is -0.432. The number of nitrogens with one attached hydrogen (secondary N) is 2. The molecule has 0 aliphatic heterocycles. The standard InChI is InChI=1S/C22H20N2O4S2/c1-27-20(25)15-8-10-16(11-9-15)23-22(29)24-19-18(21(26)28-2)13-17(30-19)12-14-6-4-3-5-7-14/h3-11,13H,12H2,1-2H3,(H2,23,24,29). The Balaban J connectivity index is 1.73. The van der Waals surface area contributed by atoms with Gasteiger partial charge >= 0.3 is 11.9 Å². The van der Waals surface area contributed by atoms with E-state index in [4.69, 9.17) is 17.0 Å². The summed E-state index contributed by atoms with van der Waals surface area (Å²) in [5.41, 5.74) is 2.71. The highest BCUT2D eigenvalue weighted by molar-refractivity contribution is 7.80. The molecule has 1 heterocycles. The van der Waals surface area contributed by atoms with Crippen LogP contribution in [0.5, 0.6) is 0 Å². The predicted octanol–water partition coefficient (Wildman–Crippen LogP) is 4.72. The van der Waals surface area contributed by atoms with Crippen molar-refractivity contribution in [3.8, 4) is 0 Å². The zero-order chi connectivity index (χ0) is 21.5. The quantitative estimate of drug-likeness (QED) is 0.424. The van der Waals surface area contributed by atoms with Crippen molar-refractivity contribution < 1.29 is 19.1 Å². The molecule has 0 saturated heterocycles. The average molecular weight is 441 g/mol. The van der Waals surface area contributed by atoms with Crippen LogP contribution in [-0.2, 0) is 15.9 Å². The van der Waals surface area contributed by atoms with Gasteiger partial charge in [-0.05, 0) is 48.1 Å². The van der Waals surface area contributed by atoms with Gasteiger partial charge in [0.25, 0.3) is 0 Å². The molecule has 3 aromatic rings. The molecule has 30 heavy (non-hydrogen) atoms. The van der Waals surface area contributed by atoms with Crippen molar-refractivity contribution in [2.75, 3.05) is 24.9 Å². The van der Waals surface area contributed by atoms with Crippen LogP contribution in [0, 0.1) is 0 Å². The first-order valence-corrected chi connectivity index (χ1v) is 10.2. The lowest BCUT2D eigenvalue weighted by Crippen LogP contribution is -2.20. The Kier molecular flexibility index (Phi) is 7.16. The third-order valence-electron chi connectivity index (χ3n) is 4.20. The molecule has 0 aliphatic carbocycles. The molecular formula is C22H20N2O4S2. The Morgan fingerprint density at radius 2 is 1.60 bits per heavy atom. The van der Waals surface area contributed by atoms with Gasteiger partial charge in [-0.2, -0.15) is 0 Å². The smallest absolute Gasteiger partial charge is 0.340 e. The zero-order valence-corrected chi connectivity index (χ0v) is 18.1. The van der Waals surface area contributed by atoms with Crippen molar-refractivity contribution in [3.05, 3.63) is 82.2 Å². The van der Waals surface area contributed by atoms with Crippen LogP contribution in [0.25, 0.3) is 0 Å². The molecule has 0 aliphatic rings. The number of benzene rings is 2. The van der Waals surface area contributed by atoms with Crippen LogP contribution < -0.4 is 10.6 Å². The lowest BCUT2D eigenvalue weighted by molar-refractivity contribution is 0.0592. The Morgan fingerprint density at radius 3 is 2.23 bits per heavy atom. The number of anilines is 2. The summed E-state index contributed by atoms with van der Waals surface area (Å²) >= 11 is 6.83. The lowest BCUT2D eigenvalue weighted by atomic mass is 10.1. The van der Waals surface area contributed by atoms with Crippen LogP contribution in [0.1, 0.15) is 31.2 Å². The number of carbonyl (C=O) groups excluding carboxylic acids is 2. The number of thiocarbonyl (C=S) groups is 1. The molecule has 0 fully saturated rings. The van der Waals surface area contributed by atoms with E-state index in [9.17, 15) is 9.59 Å². The maximum atomic E-state index is 12.2. The number of esters is 2. The Labute approximate surface area is 183 Å². The summed E-state index contributed by atoms with van der Waals surface area (Å²) in [6.45, 7) is 0. The monoisotopic (exact) mass is 440 g/mol. The highest BCUT2D eigenvalue weighted by atomic mass is 32.1. The minimum absolute atomic E-state index is 0.319. The summed E-state index contributed by atoms with van der Waals surface area (Å²) in [7, 11) is 2.68. The largest absolute Gasteiger partial charge is 0.465 e. The van der Waals surface area contributed by atoms with E-state index in [0.717, 1.165) is 10.4 Å². The topological polar surface area (TPSA) is 76.7 Å². The van der Waals surface area contributed by atoms with E-state index < -0.39 is 11.9 Å². The van der Waals surface area contributed by atoms with E-state index in [0.29, 0.717) is 33.3 Å². The first-order chi connectivity index (χ1) is 14.5. The van der Waals surface area contributed by atoms with Crippen LogP contribution in [0.4, 0.5) is 10.7 Å². The van der Waals surface area contributed by atoms with Crippen molar-refractivity contribution in [2.45, 2.75) is 6.42 Å². The lowest BCUT2D eigenvalue weighted by Gasteiger charge is -2.10. The molecule has 0 radical (unpaired) electrons. The van der Waals surface area contributed by atoms with Gasteiger partial charge in [0.2, 0.25) is 0 Å². The molecule has 0 spiro atoms. The molecule has 8 heteroatoms. The highest BCUT2D eigenvalue weighted by Gasteiger charge is 2.18. The van der Waals surface area contributed by atoms with Crippen molar-refractivity contribution in [3.63, 3.8) is 0 Å². The second-order valence-corrected chi connectivity index (χ2v) is 7.80. The summed E-state index contributed by atoms with van der Waals surface area (Å²) in [5.74, 6) is -0.840. The van der Waals surface area contributed by atoms with Crippen molar-refractivity contribution >= 4 is 51.3 Å². The van der Waals surface area contributed by atoms with Gasteiger partial charge in [-0.3, -0.25) is 0 Å². The van der Waals surface area contributed by atoms with Gasteiger partial charge < -0.3 is 20.1 Å². The van der Waals surface area contributed by atoms with E-state index in [1.807, 2.05) is 36.4 Å². The summed E-state index contributed by atoms with van der Waals surface area (Å²) < 4.78 is 9.59. The summed E-state index contributed by atoms with van der Waals surface area (Å²) in [4.78, 5) is 24.7. The SMILES string of the molecule is COC(=O)c1ccc(NC(=S)Nc2sc(Cc3ccccc3)cc2C(=O)OC)cc1. The fourth-order valence-electron chi connectivity index (χ4n) is 2.75. The molecule has 154 valence electrons. The van der Waals surface area contributed by atoms with Crippen LogP contribution >= 0.6 is 23.6 Å². The molecule has 2 N–H and O–H groups in total. The molecule has 0 unspecified atom stereocenters. The number of hydrogen-bond acceptors (Lipinski definition) is 6. The number of carbonyl (C=O) groups is 2. The number of hydrogen-bond donors (Lipinski definition) is 2. The zero-order valence-electron chi connectivity index (χ0n) is 16.4. The molecule has 0 amide bonds. The van der Waals surface area contributed by atoms with E-state index in [2.05, 4.69) is 15.4 Å². The maximum absolute atomic E-state index is 12.2. The molecule has 3 rings (SSSR count). The number of methoxy groups -OCH3 is 2. The normalized spacial score (nSPS) is 10.2. The minimum Gasteiger partial charge on any atom is -0.465 e. The Hall–Kier alpha value is -3.23. The first kappa shape index (κ1) is 21.5. The van der Waals surface area contributed by atoms with Crippen molar-refractivity contribution in [1.29, 1.82) is 0 Å². The number of ether oxygens (including phenoxy) is 2. The van der Waals surface area contributed by atoms with E-state index >= 15 is 0 Å². The predicted molar refractivity (Wildman–Crippen MR) is 123 cm³/mol. The summed E-state index contributed by atoms with van der Waals surface area (Å²) in [6.07, 6.45) is 0.701. The summed E-state index contributed by atoms with van der Waals surface area (Å²) in [5, 5.41) is 7.04. The summed E-state index contributed by atoms with van der Waals surface area (Å²) in [6, 6.07) is 18.5. The molecule has 0 bridgehead atoms. The number of rotatable bonds is 6. The van der Waals surface area contributed by atoms with Crippen molar-refractivity contribution in [2.24, 2.45) is 0 Å². The van der Waals surface area contributed by atoms with Gasteiger partial charge in [0.05, 0.1) is 25.3 Å². The maximum Gasteiger partial charge on any atom is 0.340 e. The van der Waals surface area contributed by atoms with Gasteiger partial charge in [0.15, 0.2) is 5.11 Å².